The lowest BCUT2D eigenvalue weighted by Crippen LogP contribution is -2.31. The molecule has 0 saturated heterocycles. The van der Waals surface area contributed by atoms with Crippen molar-refractivity contribution in [3.63, 3.8) is 0 Å². The molecule has 1 heterocycles. The summed E-state index contributed by atoms with van der Waals surface area (Å²) in [5.41, 5.74) is 4.77. The van der Waals surface area contributed by atoms with Gasteiger partial charge in [-0.2, -0.15) is 0 Å². The van der Waals surface area contributed by atoms with E-state index in [4.69, 9.17) is 29.8 Å². The minimum atomic E-state index is -0.232. The van der Waals surface area contributed by atoms with Gasteiger partial charge in [-0.3, -0.25) is 4.79 Å². The molecule has 2 aromatic carbocycles. The Hall–Kier alpha value is -3.31. The number of allylic oxidation sites excluding steroid dienone is 6. The lowest BCUT2D eigenvalue weighted by Gasteiger charge is -2.36. The van der Waals surface area contributed by atoms with E-state index in [2.05, 4.69) is 9.74 Å². The Bertz CT molecular complexity index is 1400. The lowest BCUT2D eigenvalue weighted by atomic mass is 9.68. The molecule has 2 aliphatic carbocycles. The molecule has 1 saturated carbocycles. The minimum absolute atomic E-state index is 0.0757. The van der Waals surface area contributed by atoms with E-state index in [9.17, 15) is 10.1 Å². The van der Waals surface area contributed by atoms with Crippen molar-refractivity contribution in [3.8, 4) is 6.07 Å². The summed E-state index contributed by atoms with van der Waals surface area (Å²) in [6.07, 6.45) is 9.07. The van der Waals surface area contributed by atoms with Crippen LogP contribution in [0.1, 0.15) is 53.6 Å². The summed E-state index contributed by atoms with van der Waals surface area (Å²) in [6.45, 7) is 7.50. The van der Waals surface area contributed by atoms with Crippen LogP contribution in [0, 0.1) is 17.9 Å². The Balaban J connectivity index is 1.72. The fourth-order valence-corrected chi connectivity index (χ4v) is 6.44. The number of hydrogen-bond acceptors (Lipinski definition) is 3. The van der Waals surface area contributed by atoms with Crippen LogP contribution in [0.4, 0.5) is 5.69 Å². The minimum Gasteiger partial charge on any atom is -0.346 e. The van der Waals surface area contributed by atoms with Gasteiger partial charge in [0.25, 0.3) is 5.70 Å². The fourth-order valence-electron chi connectivity index (χ4n) is 5.82. The number of halogens is 2. The smallest absolute Gasteiger partial charge is 0.270 e. The van der Waals surface area contributed by atoms with Gasteiger partial charge in [0.05, 0.1) is 23.4 Å². The van der Waals surface area contributed by atoms with Crippen LogP contribution in [0.2, 0.25) is 10.0 Å². The summed E-state index contributed by atoms with van der Waals surface area (Å²) in [5, 5.41) is 10.8. The van der Waals surface area contributed by atoms with Gasteiger partial charge in [-0.15, -0.1) is 0 Å². The van der Waals surface area contributed by atoms with Gasteiger partial charge in [-0.05, 0) is 48.3 Å². The third-order valence-corrected chi connectivity index (χ3v) is 7.76. The molecule has 0 aromatic heterocycles. The molecule has 168 valence electrons. The van der Waals surface area contributed by atoms with Crippen molar-refractivity contribution < 1.29 is 4.79 Å². The van der Waals surface area contributed by atoms with Crippen LogP contribution in [-0.2, 0) is 5.41 Å². The Kier molecular flexibility index (Phi) is 5.61. The first-order valence-electron chi connectivity index (χ1n) is 11.2. The highest BCUT2D eigenvalue weighted by atomic mass is 35.5. The zero-order valence-corrected chi connectivity index (χ0v) is 20.2. The van der Waals surface area contributed by atoms with Crippen LogP contribution in [0.3, 0.4) is 0 Å². The molecule has 0 bridgehead atoms. The molecule has 0 radical (unpaired) electrons. The van der Waals surface area contributed by atoms with E-state index in [-0.39, 0.29) is 16.9 Å². The van der Waals surface area contributed by atoms with Crippen molar-refractivity contribution in [2.75, 3.05) is 11.9 Å². The van der Waals surface area contributed by atoms with Crippen LogP contribution >= 0.6 is 23.2 Å². The highest BCUT2D eigenvalue weighted by Crippen LogP contribution is 2.57. The van der Waals surface area contributed by atoms with Crippen LogP contribution < -0.4 is 4.90 Å². The average molecular weight is 486 g/mol. The predicted octanol–water partition coefficient (Wildman–Crippen LogP) is 7.51. The molecule has 1 spiro atoms. The number of ketones is 1. The fraction of sp³-hybridized carbons (Fsp3) is 0.250. The van der Waals surface area contributed by atoms with Crippen molar-refractivity contribution in [3.05, 3.63) is 104 Å². The van der Waals surface area contributed by atoms with E-state index < -0.39 is 0 Å². The maximum atomic E-state index is 13.3. The van der Waals surface area contributed by atoms with Crippen LogP contribution in [-0.4, -0.2) is 12.8 Å². The normalized spacial score (nSPS) is 22.0. The molecule has 1 fully saturated rings. The van der Waals surface area contributed by atoms with Crippen molar-refractivity contribution in [2.45, 2.75) is 37.5 Å². The molecule has 5 rings (SSSR count). The number of carbonyl (C=O) groups excluding carboxylic acids is 1. The average Bonchev–Trinajstić information content (AvgIpc) is 3.23. The monoisotopic (exact) mass is 485 g/mol. The van der Waals surface area contributed by atoms with Gasteiger partial charge < -0.3 is 4.90 Å². The van der Waals surface area contributed by atoms with E-state index >= 15 is 0 Å². The maximum Gasteiger partial charge on any atom is 0.270 e. The predicted molar refractivity (Wildman–Crippen MR) is 136 cm³/mol. The first-order valence-corrected chi connectivity index (χ1v) is 12.0. The molecule has 0 unspecified atom stereocenters. The molecule has 2 aromatic rings. The third kappa shape index (κ3) is 3.22. The van der Waals surface area contributed by atoms with Crippen LogP contribution in [0.25, 0.3) is 10.4 Å². The van der Waals surface area contributed by atoms with E-state index in [1.807, 2.05) is 31.3 Å². The number of nitriles is 1. The van der Waals surface area contributed by atoms with E-state index in [1.165, 1.54) is 6.42 Å². The number of anilines is 1. The van der Waals surface area contributed by atoms with Crippen molar-refractivity contribution in [1.82, 2.24) is 0 Å². The second-order valence-corrected chi connectivity index (χ2v) is 9.78. The van der Waals surface area contributed by atoms with Gasteiger partial charge in [-0.1, -0.05) is 66.7 Å². The van der Waals surface area contributed by atoms with E-state index in [0.29, 0.717) is 32.3 Å². The van der Waals surface area contributed by atoms with E-state index in [0.717, 1.165) is 42.6 Å². The molecule has 0 amide bonds. The van der Waals surface area contributed by atoms with Crippen LogP contribution in [0.5, 0.6) is 0 Å². The molecule has 6 heteroatoms. The number of benzene rings is 2. The summed E-state index contributed by atoms with van der Waals surface area (Å²) < 4.78 is 0. The molecule has 0 N–H and O–H groups in total. The summed E-state index contributed by atoms with van der Waals surface area (Å²) in [4.78, 5) is 18.8. The number of carbonyl (C=O) groups is 1. The SMILES string of the molecule is [C-]#[N+]\C(C#N)=C1/C(=C/C=C2/N(C)c3c(Cl)cc(Cl)cc3C23CCCCC3)C(=O)c2ccccc21. The Morgan fingerprint density at radius 1 is 1.15 bits per heavy atom. The Morgan fingerprint density at radius 2 is 1.85 bits per heavy atom. The zero-order chi connectivity index (χ0) is 24.0. The van der Waals surface area contributed by atoms with Gasteiger partial charge in [0, 0.05) is 39.9 Å². The maximum absolute atomic E-state index is 13.3. The largest absolute Gasteiger partial charge is 0.346 e. The Labute approximate surface area is 209 Å². The van der Waals surface area contributed by atoms with Gasteiger partial charge >= 0.3 is 0 Å². The molecule has 1 aliphatic heterocycles. The highest BCUT2D eigenvalue weighted by Gasteiger charge is 2.47. The molecular weight excluding hydrogens is 465 g/mol. The van der Waals surface area contributed by atoms with Crippen molar-refractivity contribution >= 4 is 40.2 Å². The molecule has 0 atom stereocenters. The summed E-state index contributed by atoms with van der Waals surface area (Å²) in [5.74, 6) is -0.171. The van der Waals surface area contributed by atoms with E-state index in [1.54, 1.807) is 30.3 Å². The number of Topliss-reactive ketones (excluding diaryl/α,β-unsaturated/α-hetero) is 1. The lowest BCUT2D eigenvalue weighted by molar-refractivity contribution is 0.104. The third-order valence-electron chi connectivity index (χ3n) is 7.26. The topological polar surface area (TPSA) is 48.5 Å². The first kappa shape index (κ1) is 22.5. The standard InChI is InChI=1S/C28H21Cl2N3O/c1-32-23(16-31)25-18-8-4-5-9-19(18)27(34)20(25)10-11-24-28(12-6-3-7-13-28)21-14-17(29)15-22(30)26(21)33(24)2/h4-5,8-11,14-15H,3,6-7,12-13H2,2H3/b20-10-,24-11+,25-23-. The first-order chi connectivity index (χ1) is 16.4. The zero-order valence-electron chi connectivity index (χ0n) is 18.7. The number of hydrogen-bond donors (Lipinski definition) is 0. The summed E-state index contributed by atoms with van der Waals surface area (Å²) in [7, 11) is 1.99. The highest BCUT2D eigenvalue weighted by molar-refractivity contribution is 6.37. The second kappa shape index (κ2) is 8.48. The second-order valence-electron chi connectivity index (χ2n) is 8.94. The molecule has 3 aliphatic rings. The molecule has 4 nitrogen and oxygen atoms in total. The summed E-state index contributed by atoms with van der Waals surface area (Å²) in [6, 6.07) is 12.9. The molecule has 34 heavy (non-hydrogen) atoms. The quantitative estimate of drug-likeness (QED) is 0.238. The number of likely N-dealkylation sites (N-methyl/N-ethyl adjacent to an activating group) is 1. The van der Waals surface area contributed by atoms with Gasteiger partial charge in [0.1, 0.15) is 0 Å². The Morgan fingerprint density at radius 3 is 2.53 bits per heavy atom. The number of rotatable bonds is 1. The van der Waals surface area contributed by atoms with Gasteiger partial charge in [0.2, 0.25) is 0 Å². The van der Waals surface area contributed by atoms with Crippen LogP contribution in [0.15, 0.2) is 65.5 Å². The van der Waals surface area contributed by atoms with Gasteiger partial charge in [0.15, 0.2) is 5.78 Å². The van der Waals surface area contributed by atoms with Crippen molar-refractivity contribution in [1.29, 1.82) is 5.26 Å². The summed E-state index contributed by atoms with van der Waals surface area (Å²) >= 11 is 13.1. The van der Waals surface area contributed by atoms with Crippen molar-refractivity contribution in [2.24, 2.45) is 0 Å². The number of nitrogens with zero attached hydrogens (tertiary/aromatic N) is 3. The number of fused-ring (bicyclic) bond motifs is 3. The molecular formula is C28H21Cl2N3O. The van der Waals surface area contributed by atoms with Gasteiger partial charge in [-0.25, -0.2) is 10.1 Å².